The molecule has 4 rings (SSSR count). The molecule has 3 aromatic rings. The number of sulfonamides is 2. The number of amides is 1. The van der Waals surface area contributed by atoms with Gasteiger partial charge in [0.15, 0.2) is 0 Å². The molecule has 0 unspecified atom stereocenters. The largest absolute Gasteiger partial charge is 0.492 e. The Morgan fingerprint density at radius 2 is 1.51 bits per heavy atom. The van der Waals surface area contributed by atoms with Crippen molar-refractivity contribution >= 4 is 31.6 Å². The van der Waals surface area contributed by atoms with Crippen LogP contribution in [0, 0.1) is 0 Å². The molecule has 9 nitrogen and oxygen atoms in total. The molecule has 1 amide bonds. The van der Waals surface area contributed by atoms with Crippen molar-refractivity contribution in [1.82, 2.24) is 9.62 Å². The molecule has 0 spiro atoms. The fourth-order valence-corrected chi connectivity index (χ4v) is 6.82. The van der Waals surface area contributed by atoms with Gasteiger partial charge in [0.1, 0.15) is 12.4 Å². The van der Waals surface area contributed by atoms with E-state index in [4.69, 9.17) is 4.74 Å². The average Bonchev–Trinajstić information content (AvgIpc) is 2.94. The summed E-state index contributed by atoms with van der Waals surface area (Å²) >= 11 is 0. The number of piperidine rings is 1. The molecular weight excluding hydrogens is 538 g/mol. The summed E-state index contributed by atoms with van der Waals surface area (Å²) in [5, 5.41) is 2.77. The fraction of sp³-hybridized carbons (Fsp3) is 0.321. The summed E-state index contributed by atoms with van der Waals surface area (Å²) in [6.07, 6.45) is 3.90. The van der Waals surface area contributed by atoms with Gasteiger partial charge in [-0.05, 0) is 54.8 Å². The van der Waals surface area contributed by atoms with Crippen LogP contribution in [-0.4, -0.2) is 59.5 Å². The van der Waals surface area contributed by atoms with E-state index in [0.717, 1.165) is 31.1 Å². The second kappa shape index (κ2) is 12.6. The van der Waals surface area contributed by atoms with Gasteiger partial charge in [-0.3, -0.25) is 9.10 Å². The number of nitrogens with one attached hydrogen (secondary N) is 1. The van der Waals surface area contributed by atoms with Gasteiger partial charge in [-0.1, -0.05) is 48.9 Å². The van der Waals surface area contributed by atoms with E-state index in [0.29, 0.717) is 18.8 Å². The van der Waals surface area contributed by atoms with E-state index in [1.807, 2.05) is 30.3 Å². The van der Waals surface area contributed by atoms with E-state index in [2.05, 4.69) is 5.32 Å². The first-order valence-corrected chi connectivity index (χ1v) is 16.1. The first-order chi connectivity index (χ1) is 18.7. The van der Waals surface area contributed by atoms with Crippen LogP contribution in [-0.2, 0) is 26.6 Å². The Kier molecular flexibility index (Phi) is 9.26. The summed E-state index contributed by atoms with van der Waals surface area (Å²) < 4.78 is 59.3. The second-order valence-corrected chi connectivity index (χ2v) is 13.2. The second-order valence-electron chi connectivity index (χ2n) is 9.31. The molecule has 0 saturated carbocycles. The molecule has 11 heteroatoms. The highest BCUT2D eigenvalue weighted by Crippen LogP contribution is 2.26. The van der Waals surface area contributed by atoms with E-state index < -0.39 is 26.0 Å². The van der Waals surface area contributed by atoms with Crippen LogP contribution >= 0.6 is 0 Å². The minimum absolute atomic E-state index is 0.0938. The Bertz CT molecular complexity index is 1470. The maximum Gasteiger partial charge on any atom is 0.253 e. The van der Waals surface area contributed by atoms with E-state index in [-0.39, 0.29) is 35.8 Å². The van der Waals surface area contributed by atoms with Crippen molar-refractivity contribution in [1.29, 1.82) is 0 Å². The number of nitrogens with zero attached hydrogens (tertiary/aromatic N) is 2. The third-order valence-corrected chi connectivity index (χ3v) is 9.46. The molecule has 0 aliphatic carbocycles. The van der Waals surface area contributed by atoms with Crippen LogP contribution in [0.5, 0.6) is 5.75 Å². The summed E-state index contributed by atoms with van der Waals surface area (Å²) in [7, 11) is -7.19. The Morgan fingerprint density at radius 1 is 0.872 bits per heavy atom. The maximum atomic E-state index is 13.0. The van der Waals surface area contributed by atoms with E-state index in [9.17, 15) is 21.6 Å². The molecule has 1 aliphatic rings. The van der Waals surface area contributed by atoms with Crippen LogP contribution in [0.4, 0.5) is 5.69 Å². The lowest BCUT2D eigenvalue weighted by molar-refractivity contribution is 0.0947. The Labute approximate surface area is 230 Å². The van der Waals surface area contributed by atoms with Crippen molar-refractivity contribution in [2.24, 2.45) is 0 Å². The SMILES string of the molecule is CS(=O)(=O)N(Cc1ccccc1)c1ccccc1C(=O)NCCOc1ccc(S(=O)(=O)N2CCCCC2)cc1. The molecule has 208 valence electrons. The highest BCUT2D eigenvalue weighted by atomic mass is 32.2. The molecule has 39 heavy (non-hydrogen) atoms. The summed E-state index contributed by atoms with van der Waals surface area (Å²) in [4.78, 5) is 13.2. The standard InChI is InChI=1S/C28H33N3O6S2/c1-38(33,34)31(22-23-10-4-2-5-11-23)27-13-7-6-12-26(27)28(32)29-18-21-37-24-14-16-25(17-15-24)39(35,36)30-19-8-3-9-20-30/h2,4-7,10-17H,3,8-9,18-22H2,1H3,(H,29,32). The molecule has 3 aromatic carbocycles. The van der Waals surface area contributed by atoms with E-state index in [1.54, 1.807) is 36.4 Å². The third-order valence-electron chi connectivity index (χ3n) is 6.42. The van der Waals surface area contributed by atoms with Crippen LogP contribution in [0.25, 0.3) is 0 Å². The van der Waals surface area contributed by atoms with Gasteiger partial charge in [-0.15, -0.1) is 0 Å². The Hall–Kier alpha value is -3.41. The van der Waals surface area contributed by atoms with Crippen molar-refractivity contribution in [2.75, 3.05) is 36.8 Å². The van der Waals surface area contributed by atoms with Crippen molar-refractivity contribution in [3.63, 3.8) is 0 Å². The monoisotopic (exact) mass is 571 g/mol. The van der Waals surface area contributed by atoms with Crippen molar-refractivity contribution < 1.29 is 26.4 Å². The van der Waals surface area contributed by atoms with Crippen molar-refractivity contribution in [3.8, 4) is 5.75 Å². The lowest BCUT2D eigenvalue weighted by atomic mass is 10.1. The van der Waals surface area contributed by atoms with Gasteiger partial charge in [0.25, 0.3) is 5.91 Å². The summed E-state index contributed by atoms with van der Waals surface area (Å²) in [5.41, 5.74) is 1.31. The number of carbonyl (C=O) groups is 1. The van der Waals surface area contributed by atoms with Gasteiger partial charge in [-0.25, -0.2) is 16.8 Å². The number of benzene rings is 3. The predicted octanol–water partition coefficient (Wildman–Crippen LogP) is 3.64. The number of carbonyl (C=O) groups excluding carboxylic acids is 1. The van der Waals surface area contributed by atoms with Crippen LogP contribution in [0.15, 0.2) is 83.8 Å². The van der Waals surface area contributed by atoms with Crippen molar-refractivity contribution in [2.45, 2.75) is 30.7 Å². The van der Waals surface area contributed by atoms with Crippen LogP contribution in [0.3, 0.4) is 0 Å². The number of rotatable bonds is 11. The van der Waals surface area contributed by atoms with Gasteiger partial charge in [0, 0.05) is 13.1 Å². The Balaban J connectivity index is 1.36. The zero-order valence-corrected chi connectivity index (χ0v) is 23.5. The van der Waals surface area contributed by atoms with Gasteiger partial charge in [-0.2, -0.15) is 4.31 Å². The number of hydrogen-bond donors (Lipinski definition) is 1. The highest BCUT2D eigenvalue weighted by molar-refractivity contribution is 7.92. The molecule has 1 saturated heterocycles. The molecule has 1 heterocycles. The number of ether oxygens (including phenoxy) is 1. The van der Waals surface area contributed by atoms with Gasteiger partial charge >= 0.3 is 0 Å². The topological polar surface area (TPSA) is 113 Å². The molecule has 1 fully saturated rings. The lowest BCUT2D eigenvalue weighted by Gasteiger charge is -2.25. The highest BCUT2D eigenvalue weighted by Gasteiger charge is 2.26. The van der Waals surface area contributed by atoms with Gasteiger partial charge in [0.05, 0.1) is 35.5 Å². The normalized spacial score (nSPS) is 14.5. The van der Waals surface area contributed by atoms with Crippen LogP contribution < -0.4 is 14.4 Å². The number of anilines is 1. The molecule has 0 bridgehead atoms. The lowest BCUT2D eigenvalue weighted by Crippen LogP contribution is -2.35. The molecule has 1 aliphatic heterocycles. The fourth-order valence-electron chi connectivity index (χ4n) is 4.40. The summed E-state index contributed by atoms with van der Waals surface area (Å²) in [6, 6.07) is 22.0. The predicted molar refractivity (Wildman–Crippen MR) is 151 cm³/mol. The maximum absolute atomic E-state index is 13.0. The zero-order valence-electron chi connectivity index (χ0n) is 21.8. The number of hydrogen-bond acceptors (Lipinski definition) is 6. The van der Waals surface area contributed by atoms with Crippen molar-refractivity contribution in [3.05, 3.63) is 90.0 Å². The average molecular weight is 572 g/mol. The molecule has 1 N–H and O–H groups in total. The summed E-state index contributed by atoms with van der Waals surface area (Å²) in [6.45, 7) is 1.48. The minimum Gasteiger partial charge on any atom is -0.492 e. The summed E-state index contributed by atoms with van der Waals surface area (Å²) in [5.74, 6) is 0.0484. The first-order valence-electron chi connectivity index (χ1n) is 12.8. The molecule has 0 atom stereocenters. The van der Waals surface area contributed by atoms with Gasteiger partial charge < -0.3 is 10.1 Å². The smallest absolute Gasteiger partial charge is 0.253 e. The quantitative estimate of drug-likeness (QED) is 0.352. The first kappa shape index (κ1) is 28.6. The van der Waals surface area contributed by atoms with Crippen LogP contribution in [0.1, 0.15) is 35.2 Å². The third kappa shape index (κ3) is 7.37. The zero-order chi connectivity index (χ0) is 27.9. The van der Waals surface area contributed by atoms with E-state index in [1.165, 1.54) is 20.7 Å². The van der Waals surface area contributed by atoms with E-state index >= 15 is 0 Å². The Morgan fingerprint density at radius 3 is 2.18 bits per heavy atom. The van der Waals surface area contributed by atoms with Crippen LogP contribution in [0.2, 0.25) is 0 Å². The molecule has 0 radical (unpaired) electrons. The molecule has 0 aromatic heterocycles. The molecular formula is C28H33N3O6S2. The minimum atomic E-state index is -3.67. The number of para-hydroxylation sites is 1. The van der Waals surface area contributed by atoms with Gasteiger partial charge in [0.2, 0.25) is 20.0 Å².